The van der Waals surface area contributed by atoms with Gasteiger partial charge < -0.3 is 16.0 Å². The van der Waals surface area contributed by atoms with E-state index in [0.29, 0.717) is 23.0 Å². The van der Waals surface area contributed by atoms with Gasteiger partial charge in [-0.3, -0.25) is 4.79 Å². The maximum atomic E-state index is 12.0. The molecule has 2 rings (SSSR count). The van der Waals surface area contributed by atoms with Gasteiger partial charge in [0.2, 0.25) is 0 Å². The summed E-state index contributed by atoms with van der Waals surface area (Å²) in [5.74, 6) is 0.657. The molecule has 1 aromatic heterocycles. The number of carbonyl (C=O) groups is 1. The summed E-state index contributed by atoms with van der Waals surface area (Å²) in [5, 5.41) is 3.99. The van der Waals surface area contributed by atoms with Gasteiger partial charge in [-0.25, -0.2) is 0 Å². The summed E-state index contributed by atoms with van der Waals surface area (Å²) in [5.41, 5.74) is 6.79. The number of thiophene rings is 1. The topological polar surface area (TPSA) is 58.4 Å². The summed E-state index contributed by atoms with van der Waals surface area (Å²) in [6, 6.07) is 0. The van der Waals surface area contributed by atoms with Crippen molar-refractivity contribution < 1.29 is 4.79 Å². The van der Waals surface area contributed by atoms with E-state index < -0.39 is 0 Å². The predicted molar refractivity (Wildman–Crippen MR) is 84.5 cm³/mol. The van der Waals surface area contributed by atoms with Crippen molar-refractivity contribution in [1.29, 1.82) is 0 Å². The zero-order chi connectivity index (χ0) is 14.0. The molecule has 2 heterocycles. The van der Waals surface area contributed by atoms with Crippen LogP contribution in [0.3, 0.4) is 0 Å². The Kier molecular flexibility index (Phi) is 4.62. The van der Waals surface area contributed by atoms with Crippen molar-refractivity contribution in [2.75, 3.05) is 36.5 Å². The zero-order valence-electron chi connectivity index (χ0n) is 11.7. The average molecular weight is 299 g/mol. The van der Waals surface area contributed by atoms with Gasteiger partial charge in [0, 0.05) is 19.6 Å². The lowest BCUT2D eigenvalue weighted by Crippen LogP contribution is -2.22. The van der Waals surface area contributed by atoms with E-state index in [2.05, 4.69) is 17.1 Å². The second-order valence-electron chi connectivity index (χ2n) is 4.88. The van der Waals surface area contributed by atoms with Gasteiger partial charge in [0.25, 0.3) is 5.91 Å². The van der Waals surface area contributed by atoms with Crippen molar-refractivity contribution in [3.63, 3.8) is 0 Å². The molecule has 1 saturated heterocycles. The number of hydrogen-bond donors (Lipinski definition) is 2. The first kappa shape index (κ1) is 14.5. The Labute approximate surface area is 122 Å². The highest BCUT2D eigenvalue weighted by Crippen LogP contribution is 2.45. The van der Waals surface area contributed by atoms with E-state index in [1.165, 1.54) is 17.8 Å². The SMILES string of the molecule is CCNC(=O)c1sc(N2CCC(C)C2)c(SC)c1N. The van der Waals surface area contributed by atoms with E-state index in [1.54, 1.807) is 11.8 Å². The summed E-state index contributed by atoms with van der Waals surface area (Å²) >= 11 is 3.16. The fourth-order valence-electron chi connectivity index (χ4n) is 2.35. The Balaban J connectivity index is 2.33. The van der Waals surface area contributed by atoms with Gasteiger partial charge in [-0.15, -0.1) is 23.1 Å². The number of hydrogen-bond acceptors (Lipinski definition) is 5. The molecular weight excluding hydrogens is 278 g/mol. The van der Waals surface area contributed by atoms with Crippen LogP contribution in [0.5, 0.6) is 0 Å². The molecular formula is C13H21N3OS2. The van der Waals surface area contributed by atoms with Crippen LogP contribution in [0.15, 0.2) is 4.90 Å². The van der Waals surface area contributed by atoms with E-state index in [4.69, 9.17) is 5.73 Å². The third-order valence-electron chi connectivity index (χ3n) is 3.34. The van der Waals surface area contributed by atoms with Crippen LogP contribution in [0.25, 0.3) is 0 Å². The monoisotopic (exact) mass is 299 g/mol. The molecule has 1 aliphatic rings. The van der Waals surface area contributed by atoms with Gasteiger partial charge in [0.1, 0.15) is 9.88 Å². The highest BCUT2D eigenvalue weighted by Gasteiger charge is 2.27. The first-order valence-electron chi connectivity index (χ1n) is 6.57. The van der Waals surface area contributed by atoms with Crippen LogP contribution in [-0.4, -0.2) is 31.8 Å². The van der Waals surface area contributed by atoms with Gasteiger partial charge >= 0.3 is 0 Å². The van der Waals surface area contributed by atoms with E-state index >= 15 is 0 Å². The lowest BCUT2D eigenvalue weighted by molar-refractivity contribution is 0.0960. The van der Waals surface area contributed by atoms with Gasteiger partial charge in [0.15, 0.2) is 0 Å². The standard InChI is InChI=1S/C13H21N3OS2/c1-4-15-12(17)10-9(14)11(18-3)13(19-10)16-6-5-8(2)7-16/h8H,4-7,14H2,1-3H3,(H,15,17). The summed E-state index contributed by atoms with van der Waals surface area (Å²) in [7, 11) is 0. The third-order valence-corrected chi connectivity index (χ3v) is 5.56. The van der Waals surface area contributed by atoms with E-state index in [1.807, 2.05) is 13.2 Å². The minimum Gasteiger partial charge on any atom is -0.396 e. The Hall–Kier alpha value is -0.880. The summed E-state index contributed by atoms with van der Waals surface area (Å²) in [6.45, 7) is 6.92. The summed E-state index contributed by atoms with van der Waals surface area (Å²) in [4.78, 5) is 16.1. The molecule has 1 amide bonds. The van der Waals surface area contributed by atoms with Crippen molar-refractivity contribution in [3.8, 4) is 0 Å². The van der Waals surface area contributed by atoms with Gasteiger partial charge in [0.05, 0.1) is 10.6 Å². The molecule has 1 atom stereocenters. The zero-order valence-corrected chi connectivity index (χ0v) is 13.3. The lowest BCUT2D eigenvalue weighted by atomic mass is 10.2. The van der Waals surface area contributed by atoms with Crippen molar-refractivity contribution in [2.45, 2.75) is 25.2 Å². The number of rotatable bonds is 4. The molecule has 1 fully saturated rings. The highest BCUT2D eigenvalue weighted by atomic mass is 32.2. The number of nitrogens with one attached hydrogen (secondary N) is 1. The van der Waals surface area contributed by atoms with Gasteiger partial charge in [-0.2, -0.15) is 0 Å². The van der Waals surface area contributed by atoms with Crippen LogP contribution in [0.1, 0.15) is 29.9 Å². The van der Waals surface area contributed by atoms with Crippen LogP contribution in [0.4, 0.5) is 10.7 Å². The van der Waals surface area contributed by atoms with Crippen molar-refractivity contribution in [2.24, 2.45) is 5.92 Å². The number of nitrogens with zero attached hydrogens (tertiary/aromatic N) is 1. The second-order valence-corrected chi connectivity index (χ2v) is 6.70. The molecule has 1 aromatic rings. The minimum absolute atomic E-state index is 0.0567. The van der Waals surface area contributed by atoms with E-state index in [-0.39, 0.29) is 5.91 Å². The first-order chi connectivity index (χ1) is 9.08. The molecule has 4 nitrogen and oxygen atoms in total. The smallest absolute Gasteiger partial charge is 0.263 e. The highest BCUT2D eigenvalue weighted by molar-refractivity contribution is 7.99. The maximum absolute atomic E-state index is 12.0. The van der Waals surface area contributed by atoms with E-state index in [0.717, 1.165) is 23.0 Å². The minimum atomic E-state index is -0.0567. The largest absolute Gasteiger partial charge is 0.396 e. The van der Waals surface area contributed by atoms with Crippen LogP contribution < -0.4 is 16.0 Å². The fraction of sp³-hybridized carbons (Fsp3) is 0.615. The van der Waals surface area contributed by atoms with Gasteiger partial charge in [-0.05, 0) is 25.5 Å². The number of anilines is 2. The second kappa shape index (κ2) is 6.05. The molecule has 106 valence electrons. The molecule has 0 radical (unpaired) electrons. The van der Waals surface area contributed by atoms with Gasteiger partial charge in [-0.1, -0.05) is 6.92 Å². The van der Waals surface area contributed by atoms with Crippen LogP contribution >= 0.6 is 23.1 Å². The normalized spacial score (nSPS) is 18.9. The third kappa shape index (κ3) is 2.84. The molecule has 6 heteroatoms. The number of thioether (sulfide) groups is 1. The predicted octanol–water partition coefficient (Wildman–Crippen LogP) is 2.65. The number of nitrogen functional groups attached to an aromatic ring is 1. The molecule has 0 bridgehead atoms. The van der Waals surface area contributed by atoms with Crippen molar-refractivity contribution >= 4 is 39.7 Å². The fourth-order valence-corrected chi connectivity index (χ4v) is 4.48. The number of nitrogens with two attached hydrogens (primary N) is 1. The molecule has 1 aliphatic heterocycles. The average Bonchev–Trinajstić information content (AvgIpc) is 2.93. The van der Waals surface area contributed by atoms with Crippen LogP contribution in [0.2, 0.25) is 0 Å². The quantitative estimate of drug-likeness (QED) is 0.839. The molecule has 0 aliphatic carbocycles. The molecule has 0 spiro atoms. The summed E-state index contributed by atoms with van der Waals surface area (Å²) in [6.07, 6.45) is 3.23. The molecule has 0 saturated carbocycles. The van der Waals surface area contributed by atoms with Crippen molar-refractivity contribution in [3.05, 3.63) is 4.88 Å². The maximum Gasteiger partial charge on any atom is 0.263 e. The van der Waals surface area contributed by atoms with E-state index in [9.17, 15) is 4.79 Å². The molecule has 0 aromatic carbocycles. The molecule has 19 heavy (non-hydrogen) atoms. The Bertz CT molecular complexity index is 473. The number of amides is 1. The molecule has 3 N–H and O–H groups in total. The first-order valence-corrected chi connectivity index (χ1v) is 8.62. The lowest BCUT2D eigenvalue weighted by Gasteiger charge is -2.17. The Morgan fingerprint density at radius 2 is 2.37 bits per heavy atom. The van der Waals surface area contributed by atoms with Crippen LogP contribution in [0, 0.1) is 5.92 Å². The Morgan fingerprint density at radius 3 is 2.89 bits per heavy atom. The summed E-state index contributed by atoms with van der Waals surface area (Å²) < 4.78 is 0. The molecule has 1 unspecified atom stereocenters. The number of carbonyl (C=O) groups excluding carboxylic acids is 1. The Morgan fingerprint density at radius 1 is 1.63 bits per heavy atom. The van der Waals surface area contributed by atoms with Crippen molar-refractivity contribution in [1.82, 2.24) is 5.32 Å². The van der Waals surface area contributed by atoms with Crippen LogP contribution in [-0.2, 0) is 0 Å².